The fraction of sp³-hybridized carbons (Fsp3) is 0.727. The van der Waals surface area contributed by atoms with Gasteiger partial charge < -0.3 is 15.3 Å². The minimum absolute atomic E-state index is 0.0220. The number of carboxylic acids is 1. The number of hydrogen-bond donors (Lipinski definition) is 3. The zero-order chi connectivity index (χ0) is 19.6. The Kier molecular flexibility index (Phi) is 4.39. The third-order valence-corrected chi connectivity index (χ3v) is 8.24. The highest BCUT2D eigenvalue weighted by molar-refractivity contribution is 6.06. The van der Waals surface area contributed by atoms with Crippen molar-refractivity contribution in [1.82, 2.24) is 0 Å². The van der Waals surface area contributed by atoms with Crippen LogP contribution in [0.25, 0.3) is 0 Å². The Morgan fingerprint density at radius 1 is 1.22 bits per heavy atom. The van der Waals surface area contributed by atoms with Gasteiger partial charge in [0.05, 0.1) is 12.2 Å². The minimum atomic E-state index is -0.904. The van der Waals surface area contributed by atoms with E-state index in [-0.39, 0.29) is 36.1 Å². The molecule has 5 heteroatoms. The summed E-state index contributed by atoms with van der Waals surface area (Å²) in [7, 11) is 0. The first-order valence-corrected chi connectivity index (χ1v) is 10.2. The smallest absolute Gasteiger partial charge is 0.303 e. The molecule has 4 rings (SSSR count). The summed E-state index contributed by atoms with van der Waals surface area (Å²) in [6, 6.07) is 0. The number of ketones is 1. The van der Waals surface area contributed by atoms with Gasteiger partial charge in [0.25, 0.3) is 0 Å². The summed E-state index contributed by atoms with van der Waals surface area (Å²) in [6.07, 6.45) is 7.16. The predicted molar refractivity (Wildman–Crippen MR) is 99.8 cm³/mol. The molecular formula is C22H30O5. The van der Waals surface area contributed by atoms with Gasteiger partial charge in [0, 0.05) is 17.8 Å². The molecule has 0 radical (unpaired) electrons. The highest BCUT2D eigenvalue weighted by Gasteiger charge is 2.61. The van der Waals surface area contributed by atoms with Gasteiger partial charge in [0.15, 0.2) is 5.78 Å². The van der Waals surface area contributed by atoms with E-state index in [1.165, 1.54) is 0 Å². The molecule has 27 heavy (non-hydrogen) atoms. The maximum Gasteiger partial charge on any atom is 0.303 e. The second-order valence-electron chi connectivity index (χ2n) is 9.59. The molecule has 0 aliphatic heterocycles. The number of hydrogen-bond acceptors (Lipinski definition) is 4. The van der Waals surface area contributed by atoms with Crippen LogP contribution in [-0.2, 0) is 9.59 Å². The second-order valence-corrected chi connectivity index (χ2v) is 9.59. The third-order valence-electron chi connectivity index (χ3n) is 8.24. The van der Waals surface area contributed by atoms with Crippen molar-refractivity contribution < 1.29 is 24.9 Å². The molecule has 0 spiro atoms. The van der Waals surface area contributed by atoms with Crippen molar-refractivity contribution in [2.24, 2.45) is 28.6 Å². The number of allylic oxidation sites excluding steroid dienone is 4. The predicted octanol–water partition coefficient (Wildman–Crippen LogP) is 2.86. The van der Waals surface area contributed by atoms with Gasteiger partial charge in [-0.15, -0.1) is 0 Å². The zero-order valence-corrected chi connectivity index (χ0v) is 16.1. The number of aliphatic hydroxyl groups excluding tert-OH is 2. The van der Waals surface area contributed by atoms with E-state index >= 15 is 0 Å². The van der Waals surface area contributed by atoms with Crippen LogP contribution in [0.4, 0.5) is 0 Å². The summed E-state index contributed by atoms with van der Waals surface area (Å²) in [5.41, 5.74) is 1.02. The van der Waals surface area contributed by atoms with Gasteiger partial charge in [-0.2, -0.15) is 0 Å². The maximum atomic E-state index is 12.5. The molecule has 3 saturated carbocycles. The summed E-state index contributed by atoms with van der Waals surface area (Å²) < 4.78 is 0. The van der Waals surface area contributed by atoms with Crippen molar-refractivity contribution in [1.29, 1.82) is 0 Å². The van der Waals surface area contributed by atoms with Gasteiger partial charge in [0.2, 0.25) is 0 Å². The molecule has 0 aromatic heterocycles. The van der Waals surface area contributed by atoms with Gasteiger partial charge in [-0.1, -0.05) is 25.5 Å². The van der Waals surface area contributed by atoms with Crippen LogP contribution in [0.2, 0.25) is 0 Å². The Morgan fingerprint density at radius 3 is 2.67 bits per heavy atom. The fourth-order valence-corrected chi connectivity index (χ4v) is 6.92. The van der Waals surface area contributed by atoms with E-state index in [4.69, 9.17) is 5.11 Å². The summed E-state index contributed by atoms with van der Waals surface area (Å²) >= 11 is 0. The van der Waals surface area contributed by atoms with Crippen molar-refractivity contribution in [3.05, 3.63) is 23.3 Å². The third kappa shape index (κ3) is 2.73. The second kappa shape index (κ2) is 6.28. The van der Waals surface area contributed by atoms with E-state index < -0.39 is 17.5 Å². The zero-order valence-electron chi connectivity index (χ0n) is 16.1. The number of carbonyl (C=O) groups excluding carboxylic acids is 1. The summed E-state index contributed by atoms with van der Waals surface area (Å²) in [4.78, 5) is 23.5. The Hall–Kier alpha value is -1.46. The number of aliphatic hydroxyl groups is 2. The molecule has 0 aromatic rings. The van der Waals surface area contributed by atoms with E-state index in [0.29, 0.717) is 23.8 Å². The highest BCUT2D eigenvalue weighted by atomic mass is 16.4. The van der Waals surface area contributed by atoms with E-state index in [1.54, 1.807) is 6.08 Å². The first-order valence-electron chi connectivity index (χ1n) is 10.2. The fourth-order valence-electron chi connectivity index (χ4n) is 6.92. The number of rotatable bonds is 3. The number of carboxylic acid groups (broad SMARTS) is 1. The SMILES string of the molecule is C[C@]12C[C@H](O)[C@H]3[C@@H](CCC4=CC(=O)C(CCC(=O)O)=C[C@@]43C)[C@@H]1CC[C@H]2O. The maximum absolute atomic E-state index is 12.5. The number of fused-ring (bicyclic) bond motifs is 5. The molecule has 0 saturated heterocycles. The van der Waals surface area contributed by atoms with Crippen LogP contribution in [0.3, 0.4) is 0 Å². The molecule has 4 aliphatic carbocycles. The quantitative estimate of drug-likeness (QED) is 0.706. The van der Waals surface area contributed by atoms with Gasteiger partial charge >= 0.3 is 5.97 Å². The lowest BCUT2D eigenvalue weighted by atomic mass is 9.47. The highest BCUT2D eigenvalue weighted by Crippen LogP contribution is 2.64. The van der Waals surface area contributed by atoms with Gasteiger partial charge in [-0.05, 0) is 67.4 Å². The first kappa shape index (κ1) is 18.9. The molecule has 0 bridgehead atoms. The normalized spacial score (nSPS) is 46.1. The molecule has 3 fully saturated rings. The molecule has 0 heterocycles. The van der Waals surface area contributed by atoms with Crippen molar-refractivity contribution in [3.63, 3.8) is 0 Å². The Balaban J connectivity index is 1.70. The first-order chi connectivity index (χ1) is 12.7. The van der Waals surface area contributed by atoms with Crippen molar-refractivity contribution in [3.8, 4) is 0 Å². The molecule has 4 aliphatic rings. The van der Waals surface area contributed by atoms with Gasteiger partial charge in [-0.3, -0.25) is 9.59 Å². The topological polar surface area (TPSA) is 94.8 Å². The minimum Gasteiger partial charge on any atom is -0.481 e. The lowest BCUT2D eigenvalue weighted by Crippen LogP contribution is -2.56. The molecular weight excluding hydrogens is 344 g/mol. The average molecular weight is 374 g/mol. The molecule has 7 atom stereocenters. The van der Waals surface area contributed by atoms with Gasteiger partial charge in [-0.25, -0.2) is 0 Å². The molecule has 0 unspecified atom stereocenters. The van der Waals surface area contributed by atoms with E-state index in [2.05, 4.69) is 13.8 Å². The molecule has 3 N–H and O–H groups in total. The standard InChI is InChI=1S/C22H30O5/c1-21-10-12(3-8-19(26)27)16(23)9-13(21)4-5-14-15-6-7-18(25)22(15,2)11-17(24)20(14)21/h9-10,14-15,17-18,20,24-25H,3-8,11H2,1-2H3,(H,26,27)/t14-,15-,17-,18+,20+,21-,22-/m0/s1. The summed E-state index contributed by atoms with van der Waals surface area (Å²) in [5.74, 6) is -0.239. The van der Waals surface area contributed by atoms with Crippen molar-refractivity contribution in [2.75, 3.05) is 0 Å². The lowest BCUT2D eigenvalue weighted by molar-refractivity contribution is -0.137. The van der Waals surface area contributed by atoms with Crippen LogP contribution in [0, 0.1) is 28.6 Å². The monoisotopic (exact) mass is 374 g/mol. The van der Waals surface area contributed by atoms with Crippen LogP contribution < -0.4 is 0 Å². The Labute approximate surface area is 160 Å². The summed E-state index contributed by atoms with van der Waals surface area (Å²) in [6.45, 7) is 4.24. The van der Waals surface area contributed by atoms with E-state index in [1.807, 2.05) is 6.08 Å². The van der Waals surface area contributed by atoms with Crippen LogP contribution in [0.5, 0.6) is 0 Å². The molecule has 148 valence electrons. The van der Waals surface area contributed by atoms with Crippen molar-refractivity contribution >= 4 is 11.8 Å². The molecule has 0 aromatic carbocycles. The van der Waals surface area contributed by atoms with E-state index in [0.717, 1.165) is 31.3 Å². The van der Waals surface area contributed by atoms with Crippen LogP contribution in [0.1, 0.15) is 58.8 Å². The van der Waals surface area contributed by atoms with E-state index in [9.17, 15) is 19.8 Å². The van der Waals surface area contributed by atoms with Crippen LogP contribution in [-0.4, -0.2) is 39.3 Å². The largest absolute Gasteiger partial charge is 0.481 e. The van der Waals surface area contributed by atoms with Crippen LogP contribution >= 0.6 is 0 Å². The number of carbonyl (C=O) groups is 2. The number of aliphatic carboxylic acids is 1. The lowest BCUT2D eigenvalue weighted by Gasteiger charge is -2.58. The average Bonchev–Trinajstić information content (AvgIpc) is 2.88. The van der Waals surface area contributed by atoms with Crippen LogP contribution in [0.15, 0.2) is 23.3 Å². The Bertz CT molecular complexity index is 737. The summed E-state index contributed by atoms with van der Waals surface area (Å²) in [5, 5.41) is 30.7. The Morgan fingerprint density at radius 2 is 1.96 bits per heavy atom. The van der Waals surface area contributed by atoms with Crippen molar-refractivity contribution in [2.45, 2.75) is 71.0 Å². The molecule has 5 nitrogen and oxygen atoms in total. The molecule has 0 amide bonds. The van der Waals surface area contributed by atoms with Gasteiger partial charge in [0.1, 0.15) is 0 Å².